The first-order valence-electron chi connectivity index (χ1n) is 8.56. The predicted molar refractivity (Wildman–Crippen MR) is 99.5 cm³/mol. The van der Waals surface area contributed by atoms with Gasteiger partial charge in [0.25, 0.3) is 5.56 Å². The Bertz CT molecular complexity index is 960. The summed E-state index contributed by atoms with van der Waals surface area (Å²) in [6.45, 7) is 3.84. The largest absolute Gasteiger partial charge is 0.310 e. The molecule has 2 N–H and O–H groups in total. The molecule has 134 valence electrons. The smallest absolute Gasteiger partial charge is 0.252 e. The second-order valence-corrected chi connectivity index (χ2v) is 6.10. The van der Waals surface area contributed by atoms with E-state index >= 15 is 0 Å². The highest BCUT2D eigenvalue weighted by atomic mass is 16.1. The van der Waals surface area contributed by atoms with Gasteiger partial charge in [-0.15, -0.1) is 0 Å². The number of carbonyl (C=O) groups excluding carboxylic acids is 1. The van der Waals surface area contributed by atoms with Crippen LogP contribution in [-0.2, 0) is 17.6 Å². The van der Waals surface area contributed by atoms with E-state index in [0.29, 0.717) is 29.6 Å². The summed E-state index contributed by atoms with van der Waals surface area (Å²) in [6, 6.07) is 12.7. The second kappa shape index (κ2) is 7.77. The van der Waals surface area contributed by atoms with Crippen molar-refractivity contribution in [3.63, 3.8) is 0 Å². The SMILES string of the molecule is CCCc1cc(=O)[nH]c(-n2nc(C)cc2NC(=O)Cc2ccccc2)n1. The van der Waals surface area contributed by atoms with Crippen molar-refractivity contribution in [1.82, 2.24) is 19.7 Å². The molecule has 3 aromatic rings. The topological polar surface area (TPSA) is 92.7 Å². The van der Waals surface area contributed by atoms with Gasteiger partial charge in [0.15, 0.2) is 0 Å². The van der Waals surface area contributed by atoms with Crippen molar-refractivity contribution in [2.45, 2.75) is 33.1 Å². The molecule has 0 saturated carbocycles. The zero-order valence-corrected chi connectivity index (χ0v) is 14.8. The number of aryl methyl sites for hydroxylation is 2. The average molecular weight is 351 g/mol. The Hall–Kier alpha value is -3.22. The van der Waals surface area contributed by atoms with Crippen LogP contribution in [0, 0.1) is 6.92 Å². The van der Waals surface area contributed by atoms with Gasteiger partial charge in [-0.25, -0.2) is 4.98 Å². The van der Waals surface area contributed by atoms with Crippen molar-refractivity contribution < 1.29 is 4.79 Å². The molecule has 0 fully saturated rings. The first kappa shape index (κ1) is 17.6. The second-order valence-electron chi connectivity index (χ2n) is 6.10. The van der Waals surface area contributed by atoms with Gasteiger partial charge in [0.05, 0.1) is 12.1 Å². The average Bonchev–Trinajstić information content (AvgIpc) is 2.95. The van der Waals surface area contributed by atoms with Crippen molar-refractivity contribution >= 4 is 11.7 Å². The molecule has 2 heterocycles. The van der Waals surface area contributed by atoms with E-state index in [4.69, 9.17) is 0 Å². The van der Waals surface area contributed by atoms with Gasteiger partial charge in [-0.2, -0.15) is 9.78 Å². The first-order chi connectivity index (χ1) is 12.5. The van der Waals surface area contributed by atoms with Crippen molar-refractivity contribution in [2.24, 2.45) is 0 Å². The fourth-order valence-corrected chi connectivity index (χ4v) is 2.70. The summed E-state index contributed by atoms with van der Waals surface area (Å²) >= 11 is 0. The number of amides is 1. The third-order valence-electron chi connectivity index (χ3n) is 3.80. The monoisotopic (exact) mass is 351 g/mol. The summed E-state index contributed by atoms with van der Waals surface area (Å²) in [5, 5.41) is 7.20. The number of rotatable bonds is 6. The van der Waals surface area contributed by atoms with E-state index in [1.54, 1.807) is 6.07 Å². The minimum absolute atomic E-state index is 0.163. The molecule has 0 unspecified atom stereocenters. The summed E-state index contributed by atoms with van der Waals surface area (Å²) < 4.78 is 1.46. The Morgan fingerprint density at radius 1 is 1.23 bits per heavy atom. The number of hydrogen-bond acceptors (Lipinski definition) is 4. The highest BCUT2D eigenvalue weighted by Crippen LogP contribution is 2.15. The van der Waals surface area contributed by atoms with Gasteiger partial charge < -0.3 is 5.32 Å². The molecule has 7 heteroatoms. The third kappa shape index (κ3) is 4.24. The Morgan fingerprint density at radius 2 is 2.00 bits per heavy atom. The molecule has 0 aliphatic rings. The maximum atomic E-state index is 12.4. The van der Waals surface area contributed by atoms with Crippen LogP contribution in [0.3, 0.4) is 0 Å². The molecule has 0 saturated heterocycles. The number of nitrogens with one attached hydrogen (secondary N) is 2. The fourth-order valence-electron chi connectivity index (χ4n) is 2.70. The number of nitrogens with zero attached hydrogens (tertiary/aromatic N) is 3. The number of carbonyl (C=O) groups is 1. The van der Waals surface area contributed by atoms with Crippen molar-refractivity contribution in [3.8, 4) is 5.95 Å². The van der Waals surface area contributed by atoms with Gasteiger partial charge in [0.2, 0.25) is 11.9 Å². The fraction of sp³-hybridized carbons (Fsp3) is 0.263. The van der Waals surface area contributed by atoms with Gasteiger partial charge in [-0.1, -0.05) is 43.7 Å². The highest BCUT2D eigenvalue weighted by Gasteiger charge is 2.14. The molecular formula is C19H21N5O2. The van der Waals surface area contributed by atoms with Crippen LogP contribution in [0.25, 0.3) is 5.95 Å². The maximum Gasteiger partial charge on any atom is 0.252 e. The minimum Gasteiger partial charge on any atom is -0.310 e. The molecule has 0 aliphatic heterocycles. The standard InChI is InChI=1S/C19H21N5O2/c1-3-7-15-12-18(26)22-19(20-15)24-16(10-13(2)23-24)21-17(25)11-14-8-5-4-6-9-14/h4-6,8-10,12H,3,7,11H2,1-2H3,(H,21,25)(H,20,22,26). The third-order valence-corrected chi connectivity index (χ3v) is 3.80. The van der Waals surface area contributed by atoms with E-state index in [1.807, 2.05) is 44.2 Å². The summed E-state index contributed by atoms with van der Waals surface area (Å²) in [6.07, 6.45) is 1.84. The Kier molecular flexibility index (Phi) is 5.26. The van der Waals surface area contributed by atoms with Crippen LogP contribution in [0.5, 0.6) is 0 Å². The van der Waals surface area contributed by atoms with Gasteiger partial charge in [0, 0.05) is 17.8 Å². The molecule has 2 aromatic heterocycles. The normalized spacial score (nSPS) is 10.7. The summed E-state index contributed by atoms with van der Waals surface area (Å²) in [5.41, 5.74) is 2.09. The van der Waals surface area contributed by atoms with Crippen LogP contribution < -0.4 is 10.9 Å². The lowest BCUT2D eigenvalue weighted by atomic mass is 10.1. The summed E-state index contributed by atoms with van der Waals surface area (Å²) in [5.74, 6) is 0.605. The quantitative estimate of drug-likeness (QED) is 0.713. The van der Waals surface area contributed by atoms with Crippen LogP contribution >= 0.6 is 0 Å². The molecule has 3 rings (SSSR count). The molecule has 0 radical (unpaired) electrons. The van der Waals surface area contributed by atoms with Gasteiger partial charge in [-0.05, 0) is 18.9 Å². The molecule has 1 aromatic carbocycles. The van der Waals surface area contributed by atoms with Crippen LogP contribution in [0.2, 0.25) is 0 Å². The van der Waals surface area contributed by atoms with Crippen LogP contribution in [0.1, 0.15) is 30.3 Å². The van der Waals surface area contributed by atoms with Crippen LogP contribution in [0.15, 0.2) is 47.3 Å². The molecule has 0 atom stereocenters. The summed E-state index contributed by atoms with van der Waals surface area (Å²) in [4.78, 5) is 31.4. The molecule has 0 spiro atoms. The number of anilines is 1. The molecule has 7 nitrogen and oxygen atoms in total. The van der Waals surface area contributed by atoms with E-state index in [9.17, 15) is 9.59 Å². The minimum atomic E-state index is -0.242. The van der Waals surface area contributed by atoms with Gasteiger partial charge >= 0.3 is 0 Å². The highest BCUT2D eigenvalue weighted by molar-refractivity contribution is 5.91. The molecule has 0 aliphatic carbocycles. The molecule has 26 heavy (non-hydrogen) atoms. The van der Waals surface area contributed by atoms with E-state index < -0.39 is 0 Å². The zero-order chi connectivity index (χ0) is 18.5. The first-order valence-corrected chi connectivity index (χ1v) is 8.56. The molecule has 1 amide bonds. The van der Waals surface area contributed by atoms with E-state index in [-0.39, 0.29) is 17.9 Å². The lowest BCUT2D eigenvalue weighted by Crippen LogP contribution is -2.20. The van der Waals surface area contributed by atoms with E-state index in [1.165, 1.54) is 10.7 Å². The number of benzene rings is 1. The van der Waals surface area contributed by atoms with Crippen molar-refractivity contribution in [1.29, 1.82) is 0 Å². The Morgan fingerprint density at radius 3 is 2.73 bits per heavy atom. The molecular weight excluding hydrogens is 330 g/mol. The van der Waals surface area contributed by atoms with Gasteiger partial charge in [-0.3, -0.25) is 14.6 Å². The Labute approximate surface area is 151 Å². The summed E-state index contributed by atoms with van der Waals surface area (Å²) in [7, 11) is 0. The van der Waals surface area contributed by atoms with Crippen molar-refractivity contribution in [2.75, 3.05) is 5.32 Å². The van der Waals surface area contributed by atoms with Crippen molar-refractivity contribution in [3.05, 3.63) is 69.8 Å². The number of aromatic amines is 1. The Balaban J connectivity index is 1.87. The molecule has 0 bridgehead atoms. The van der Waals surface area contributed by atoms with E-state index in [2.05, 4.69) is 20.4 Å². The lowest BCUT2D eigenvalue weighted by Gasteiger charge is -2.09. The predicted octanol–water partition coefficient (Wildman–Crippen LogP) is 2.40. The maximum absolute atomic E-state index is 12.4. The van der Waals surface area contributed by atoms with Gasteiger partial charge in [0.1, 0.15) is 5.82 Å². The van der Waals surface area contributed by atoms with Crippen LogP contribution in [0.4, 0.5) is 5.82 Å². The zero-order valence-electron chi connectivity index (χ0n) is 14.8. The lowest BCUT2D eigenvalue weighted by molar-refractivity contribution is -0.115. The number of aromatic nitrogens is 4. The van der Waals surface area contributed by atoms with Crippen LogP contribution in [-0.4, -0.2) is 25.7 Å². The number of H-pyrrole nitrogens is 1. The number of hydrogen-bond donors (Lipinski definition) is 2. The van der Waals surface area contributed by atoms with E-state index in [0.717, 1.165) is 12.0 Å².